The first kappa shape index (κ1) is 10.5. The van der Waals surface area contributed by atoms with E-state index in [1.807, 2.05) is 13.8 Å². The molecule has 0 heterocycles. The predicted octanol–water partition coefficient (Wildman–Crippen LogP) is 3.13. The Morgan fingerprint density at radius 2 is 2.00 bits per heavy atom. The van der Waals surface area contributed by atoms with Crippen molar-refractivity contribution in [2.45, 2.75) is 19.9 Å². The highest BCUT2D eigenvalue weighted by atomic mass is 35.5. The number of nitrogens with two attached hydrogens (primary N) is 1. The van der Waals surface area contributed by atoms with Crippen LogP contribution in [0.4, 0.5) is 4.39 Å². The predicted molar refractivity (Wildman–Crippen MR) is 53.2 cm³/mol. The summed E-state index contributed by atoms with van der Waals surface area (Å²) in [5.74, 6) is -0.115. The molecule has 0 fully saturated rings. The lowest BCUT2D eigenvalue weighted by molar-refractivity contribution is 0.510. The fourth-order valence-corrected chi connectivity index (χ4v) is 1.22. The fourth-order valence-electron chi connectivity index (χ4n) is 1.10. The number of halogens is 2. The first-order valence-electron chi connectivity index (χ1n) is 4.23. The SMILES string of the molecule is CC(C)[C@H](N)c1ccc(Cl)c(F)c1. The molecule has 0 unspecified atom stereocenters. The minimum atomic E-state index is -0.407. The van der Waals surface area contributed by atoms with E-state index in [-0.39, 0.29) is 11.1 Å². The third kappa shape index (κ3) is 2.42. The maximum atomic E-state index is 13.0. The first-order chi connectivity index (χ1) is 6.02. The van der Waals surface area contributed by atoms with Crippen molar-refractivity contribution in [3.8, 4) is 0 Å². The van der Waals surface area contributed by atoms with Crippen LogP contribution in [-0.4, -0.2) is 0 Å². The van der Waals surface area contributed by atoms with E-state index in [9.17, 15) is 4.39 Å². The molecule has 2 N–H and O–H groups in total. The molecule has 0 aliphatic carbocycles. The van der Waals surface area contributed by atoms with E-state index < -0.39 is 5.82 Å². The minimum absolute atomic E-state index is 0.133. The van der Waals surface area contributed by atoms with Crippen LogP contribution < -0.4 is 5.73 Å². The van der Waals surface area contributed by atoms with Crippen molar-refractivity contribution in [1.82, 2.24) is 0 Å². The summed E-state index contributed by atoms with van der Waals surface area (Å²) in [6.07, 6.45) is 0. The zero-order chi connectivity index (χ0) is 10.0. The Morgan fingerprint density at radius 1 is 1.38 bits per heavy atom. The van der Waals surface area contributed by atoms with Crippen molar-refractivity contribution in [2.75, 3.05) is 0 Å². The van der Waals surface area contributed by atoms with Gasteiger partial charge in [0.05, 0.1) is 5.02 Å². The lowest BCUT2D eigenvalue weighted by Gasteiger charge is -2.15. The molecule has 13 heavy (non-hydrogen) atoms. The summed E-state index contributed by atoms with van der Waals surface area (Å²) in [6.45, 7) is 3.99. The minimum Gasteiger partial charge on any atom is -0.324 e. The third-order valence-corrected chi connectivity index (χ3v) is 2.35. The molecule has 1 nitrogen and oxygen atoms in total. The monoisotopic (exact) mass is 201 g/mol. The molecule has 72 valence electrons. The molecule has 0 amide bonds. The largest absolute Gasteiger partial charge is 0.324 e. The van der Waals surface area contributed by atoms with Gasteiger partial charge in [-0.1, -0.05) is 31.5 Å². The highest BCUT2D eigenvalue weighted by Crippen LogP contribution is 2.22. The third-order valence-electron chi connectivity index (χ3n) is 2.05. The second-order valence-electron chi connectivity index (χ2n) is 3.44. The van der Waals surface area contributed by atoms with Crippen LogP contribution in [0.5, 0.6) is 0 Å². The molecule has 0 aliphatic rings. The second-order valence-corrected chi connectivity index (χ2v) is 3.85. The molecule has 0 spiro atoms. The van der Waals surface area contributed by atoms with Gasteiger partial charge in [-0.3, -0.25) is 0 Å². The summed E-state index contributed by atoms with van der Waals surface area (Å²) < 4.78 is 13.0. The number of hydrogen-bond donors (Lipinski definition) is 1. The van der Waals surface area contributed by atoms with Crippen molar-refractivity contribution >= 4 is 11.6 Å². The lowest BCUT2D eigenvalue weighted by Crippen LogP contribution is -2.16. The van der Waals surface area contributed by atoms with Crippen LogP contribution in [0.1, 0.15) is 25.5 Å². The molecule has 1 aromatic rings. The standard InChI is InChI=1S/C10H13ClFN/c1-6(2)10(13)7-3-4-8(11)9(12)5-7/h3-6,10H,13H2,1-2H3/t10-/m0/s1. The lowest BCUT2D eigenvalue weighted by atomic mass is 9.97. The molecular formula is C10H13ClFN. The van der Waals surface area contributed by atoms with Crippen molar-refractivity contribution in [2.24, 2.45) is 11.7 Å². The van der Waals surface area contributed by atoms with Gasteiger partial charge in [0.1, 0.15) is 5.82 Å². The van der Waals surface area contributed by atoms with Crippen LogP contribution in [0.3, 0.4) is 0 Å². The van der Waals surface area contributed by atoms with Gasteiger partial charge in [0.15, 0.2) is 0 Å². The van der Waals surface area contributed by atoms with Gasteiger partial charge >= 0.3 is 0 Å². The maximum Gasteiger partial charge on any atom is 0.142 e. The second kappa shape index (κ2) is 4.07. The summed E-state index contributed by atoms with van der Waals surface area (Å²) in [5.41, 5.74) is 6.64. The number of hydrogen-bond acceptors (Lipinski definition) is 1. The van der Waals surface area contributed by atoms with Gasteiger partial charge in [-0.15, -0.1) is 0 Å². The zero-order valence-electron chi connectivity index (χ0n) is 7.72. The topological polar surface area (TPSA) is 26.0 Å². The van der Waals surface area contributed by atoms with Crippen LogP contribution in [0.2, 0.25) is 5.02 Å². The van der Waals surface area contributed by atoms with Crippen LogP contribution in [-0.2, 0) is 0 Å². The van der Waals surface area contributed by atoms with E-state index in [2.05, 4.69) is 0 Å². The Hall–Kier alpha value is -0.600. The van der Waals surface area contributed by atoms with Gasteiger partial charge in [0.25, 0.3) is 0 Å². The van der Waals surface area contributed by atoms with E-state index in [1.54, 1.807) is 6.07 Å². The Labute approximate surface area is 82.7 Å². The molecule has 0 saturated heterocycles. The molecule has 1 atom stereocenters. The van der Waals surface area contributed by atoms with E-state index in [0.29, 0.717) is 5.92 Å². The summed E-state index contributed by atoms with van der Waals surface area (Å²) in [6, 6.07) is 4.56. The van der Waals surface area contributed by atoms with Gasteiger partial charge in [-0.2, -0.15) is 0 Å². The van der Waals surface area contributed by atoms with Crippen LogP contribution in [0, 0.1) is 11.7 Å². The molecule has 0 bridgehead atoms. The van der Waals surface area contributed by atoms with Gasteiger partial charge in [0, 0.05) is 6.04 Å². The average Bonchev–Trinajstić information content (AvgIpc) is 2.08. The Bertz CT molecular complexity index is 299. The van der Waals surface area contributed by atoms with Crippen molar-refractivity contribution in [3.05, 3.63) is 34.6 Å². The normalized spacial score (nSPS) is 13.4. The molecule has 0 aromatic heterocycles. The van der Waals surface area contributed by atoms with E-state index >= 15 is 0 Å². The molecule has 1 rings (SSSR count). The highest BCUT2D eigenvalue weighted by Gasteiger charge is 2.11. The van der Waals surface area contributed by atoms with Gasteiger partial charge in [-0.05, 0) is 23.6 Å². The highest BCUT2D eigenvalue weighted by molar-refractivity contribution is 6.30. The van der Waals surface area contributed by atoms with Crippen LogP contribution in [0.15, 0.2) is 18.2 Å². The van der Waals surface area contributed by atoms with Crippen LogP contribution in [0.25, 0.3) is 0 Å². The van der Waals surface area contributed by atoms with Crippen LogP contribution >= 0.6 is 11.6 Å². The summed E-state index contributed by atoms with van der Waals surface area (Å²) in [7, 11) is 0. The van der Waals surface area contributed by atoms with Gasteiger partial charge in [-0.25, -0.2) is 4.39 Å². The smallest absolute Gasteiger partial charge is 0.142 e. The van der Waals surface area contributed by atoms with Gasteiger partial charge in [0.2, 0.25) is 0 Å². The summed E-state index contributed by atoms with van der Waals surface area (Å²) in [4.78, 5) is 0. The zero-order valence-corrected chi connectivity index (χ0v) is 8.48. The van der Waals surface area contributed by atoms with E-state index in [4.69, 9.17) is 17.3 Å². The first-order valence-corrected chi connectivity index (χ1v) is 4.60. The molecular weight excluding hydrogens is 189 g/mol. The van der Waals surface area contributed by atoms with Crippen molar-refractivity contribution in [3.63, 3.8) is 0 Å². The Kier molecular flexibility index (Phi) is 3.28. The Morgan fingerprint density at radius 3 is 2.46 bits per heavy atom. The maximum absolute atomic E-state index is 13.0. The molecule has 1 aromatic carbocycles. The molecule has 0 saturated carbocycles. The summed E-state index contributed by atoms with van der Waals surface area (Å²) in [5, 5.41) is 0.139. The fraction of sp³-hybridized carbons (Fsp3) is 0.400. The molecule has 0 aliphatic heterocycles. The van der Waals surface area contributed by atoms with E-state index in [0.717, 1.165) is 5.56 Å². The Balaban J connectivity index is 2.97. The number of rotatable bonds is 2. The summed E-state index contributed by atoms with van der Waals surface area (Å²) >= 11 is 5.55. The van der Waals surface area contributed by atoms with E-state index in [1.165, 1.54) is 12.1 Å². The quantitative estimate of drug-likeness (QED) is 0.782. The average molecular weight is 202 g/mol. The van der Waals surface area contributed by atoms with Gasteiger partial charge < -0.3 is 5.73 Å². The van der Waals surface area contributed by atoms with Crippen molar-refractivity contribution in [1.29, 1.82) is 0 Å². The van der Waals surface area contributed by atoms with Crippen molar-refractivity contribution < 1.29 is 4.39 Å². The number of benzene rings is 1. The molecule has 3 heteroatoms. The molecule has 0 radical (unpaired) electrons.